The number of halogens is 1. The van der Waals surface area contributed by atoms with E-state index in [2.05, 4.69) is 9.97 Å². The average Bonchev–Trinajstić information content (AvgIpc) is 2.45. The van der Waals surface area contributed by atoms with Gasteiger partial charge in [0.25, 0.3) is 0 Å². The van der Waals surface area contributed by atoms with Crippen molar-refractivity contribution in [1.82, 2.24) is 9.97 Å². The molecule has 116 valence electrons. The number of carboxylic acids is 1. The van der Waals surface area contributed by atoms with Gasteiger partial charge in [0.15, 0.2) is 0 Å². The Labute approximate surface area is 132 Å². The van der Waals surface area contributed by atoms with Gasteiger partial charge in [-0.15, -0.1) is 11.8 Å². The van der Waals surface area contributed by atoms with Gasteiger partial charge in [-0.05, 0) is 24.6 Å². The van der Waals surface area contributed by atoms with Gasteiger partial charge < -0.3 is 5.11 Å². The molecule has 0 bridgehead atoms. The van der Waals surface area contributed by atoms with Crippen LogP contribution in [-0.4, -0.2) is 21.0 Å². The van der Waals surface area contributed by atoms with Crippen molar-refractivity contribution >= 4 is 17.7 Å². The molecule has 0 spiro atoms. The Morgan fingerprint density at radius 2 is 1.91 bits per heavy atom. The third kappa shape index (κ3) is 3.82. The zero-order valence-corrected chi connectivity index (χ0v) is 13.4. The third-order valence-electron chi connectivity index (χ3n) is 3.09. The van der Waals surface area contributed by atoms with E-state index in [9.17, 15) is 14.3 Å². The number of hydrogen-bond donors (Lipinski definition) is 1. The highest BCUT2D eigenvalue weighted by atomic mass is 32.2. The molecule has 0 aliphatic heterocycles. The zero-order chi connectivity index (χ0) is 16.3. The molecule has 0 saturated heterocycles. The molecule has 1 aromatic carbocycles. The smallest absolute Gasteiger partial charge is 0.340 e. The van der Waals surface area contributed by atoms with Crippen molar-refractivity contribution in [3.8, 4) is 0 Å². The van der Waals surface area contributed by atoms with Crippen LogP contribution in [0.2, 0.25) is 0 Å². The summed E-state index contributed by atoms with van der Waals surface area (Å²) in [6, 6.07) is 6.14. The van der Waals surface area contributed by atoms with Crippen molar-refractivity contribution in [2.45, 2.75) is 37.5 Å². The van der Waals surface area contributed by atoms with Gasteiger partial charge in [0.1, 0.15) is 22.2 Å². The van der Waals surface area contributed by atoms with Crippen molar-refractivity contribution in [2.24, 2.45) is 0 Å². The number of aryl methyl sites for hydroxylation is 1. The number of nitrogens with zero attached hydrogens (tertiary/aromatic N) is 2. The van der Waals surface area contributed by atoms with E-state index in [-0.39, 0.29) is 17.3 Å². The number of benzene rings is 1. The van der Waals surface area contributed by atoms with Crippen LogP contribution in [0.25, 0.3) is 0 Å². The molecule has 6 heteroatoms. The topological polar surface area (TPSA) is 63.1 Å². The van der Waals surface area contributed by atoms with Crippen LogP contribution in [0.15, 0.2) is 29.3 Å². The summed E-state index contributed by atoms with van der Waals surface area (Å²) in [4.78, 5) is 20.1. The molecule has 1 N–H and O–H groups in total. The molecule has 4 nitrogen and oxygen atoms in total. The average molecular weight is 320 g/mol. The molecule has 2 aromatic rings. The van der Waals surface area contributed by atoms with E-state index in [0.29, 0.717) is 22.3 Å². The van der Waals surface area contributed by atoms with E-state index in [4.69, 9.17) is 0 Å². The van der Waals surface area contributed by atoms with E-state index in [1.165, 1.54) is 23.9 Å². The highest BCUT2D eigenvalue weighted by Gasteiger charge is 2.19. The first-order chi connectivity index (χ1) is 10.4. The summed E-state index contributed by atoms with van der Waals surface area (Å²) in [6.07, 6.45) is 0. The normalized spacial score (nSPS) is 11.0. The number of rotatable bonds is 5. The lowest BCUT2D eigenvalue weighted by molar-refractivity contribution is 0.0690. The molecule has 1 aromatic heterocycles. The maximum absolute atomic E-state index is 12.9. The quantitative estimate of drug-likeness (QED) is 0.665. The van der Waals surface area contributed by atoms with Crippen LogP contribution in [-0.2, 0) is 5.75 Å². The number of hydrogen-bond acceptors (Lipinski definition) is 4. The summed E-state index contributed by atoms with van der Waals surface area (Å²) in [6.45, 7) is 5.60. The molecule has 0 aliphatic rings. The largest absolute Gasteiger partial charge is 0.478 e. The van der Waals surface area contributed by atoms with E-state index in [1.54, 1.807) is 19.1 Å². The van der Waals surface area contributed by atoms with Crippen molar-refractivity contribution in [3.05, 3.63) is 52.7 Å². The standard InChI is InChI=1S/C16H17FN2O2S/c1-9(2)14-18-10(3)13(16(20)21)15(19-14)22-8-11-4-6-12(17)7-5-11/h4-7,9H,8H2,1-3H3,(H,20,21). The molecule has 1 heterocycles. The Morgan fingerprint density at radius 1 is 1.27 bits per heavy atom. The zero-order valence-electron chi connectivity index (χ0n) is 12.6. The first-order valence-corrected chi connectivity index (χ1v) is 7.86. The number of carbonyl (C=O) groups is 1. The molecule has 0 atom stereocenters. The minimum Gasteiger partial charge on any atom is -0.478 e. The fraction of sp³-hybridized carbons (Fsp3) is 0.312. The Morgan fingerprint density at radius 3 is 2.45 bits per heavy atom. The summed E-state index contributed by atoms with van der Waals surface area (Å²) in [5.41, 5.74) is 1.51. The summed E-state index contributed by atoms with van der Waals surface area (Å²) in [5, 5.41) is 9.82. The molecular weight excluding hydrogens is 303 g/mol. The van der Waals surface area contributed by atoms with E-state index >= 15 is 0 Å². The van der Waals surface area contributed by atoms with Gasteiger partial charge in [0.05, 0.1) is 5.69 Å². The Hall–Kier alpha value is -1.95. The number of thioether (sulfide) groups is 1. The molecule has 0 fully saturated rings. The molecule has 0 radical (unpaired) electrons. The summed E-state index contributed by atoms with van der Waals surface area (Å²) >= 11 is 1.33. The van der Waals surface area contributed by atoms with Crippen LogP contribution >= 0.6 is 11.8 Å². The highest BCUT2D eigenvalue weighted by Crippen LogP contribution is 2.27. The minimum absolute atomic E-state index is 0.117. The van der Waals surface area contributed by atoms with Crippen LogP contribution in [0.3, 0.4) is 0 Å². The maximum atomic E-state index is 12.9. The molecule has 0 aliphatic carbocycles. The second-order valence-corrected chi connectivity index (χ2v) is 6.19. The third-order valence-corrected chi connectivity index (χ3v) is 4.14. The van der Waals surface area contributed by atoms with Gasteiger partial charge in [-0.25, -0.2) is 19.2 Å². The monoisotopic (exact) mass is 320 g/mol. The lowest BCUT2D eigenvalue weighted by Crippen LogP contribution is -2.10. The Kier molecular flexibility index (Phi) is 5.13. The van der Waals surface area contributed by atoms with Gasteiger partial charge >= 0.3 is 5.97 Å². The van der Waals surface area contributed by atoms with Crippen molar-refractivity contribution in [2.75, 3.05) is 0 Å². The van der Waals surface area contributed by atoms with Gasteiger partial charge in [-0.2, -0.15) is 0 Å². The second kappa shape index (κ2) is 6.87. The van der Waals surface area contributed by atoms with Gasteiger partial charge in [0.2, 0.25) is 0 Å². The predicted octanol–water partition coefficient (Wildman–Crippen LogP) is 4.04. The summed E-state index contributed by atoms with van der Waals surface area (Å²) in [7, 11) is 0. The van der Waals surface area contributed by atoms with Crippen LogP contribution in [0.4, 0.5) is 4.39 Å². The van der Waals surface area contributed by atoms with Crippen molar-refractivity contribution < 1.29 is 14.3 Å². The highest BCUT2D eigenvalue weighted by molar-refractivity contribution is 7.98. The number of carboxylic acid groups (broad SMARTS) is 1. The Balaban J connectivity index is 2.31. The SMILES string of the molecule is Cc1nc(C(C)C)nc(SCc2ccc(F)cc2)c1C(=O)O. The van der Waals surface area contributed by atoms with E-state index < -0.39 is 5.97 Å². The van der Waals surface area contributed by atoms with E-state index in [0.717, 1.165) is 5.56 Å². The molecule has 2 rings (SSSR count). The fourth-order valence-corrected chi connectivity index (χ4v) is 2.94. The molecular formula is C16H17FN2O2S. The first-order valence-electron chi connectivity index (χ1n) is 6.87. The Bertz CT molecular complexity index is 687. The molecule has 0 saturated carbocycles. The predicted molar refractivity (Wildman–Crippen MR) is 83.8 cm³/mol. The van der Waals surface area contributed by atoms with Gasteiger partial charge in [-0.3, -0.25) is 0 Å². The minimum atomic E-state index is -1.03. The van der Waals surface area contributed by atoms with Crippen LogP contribution in [0, 0.1) is 12.7 Å². The van der Waals surface area contributed by atoms with Gasteiger partial charge in [0, 0.05) is 11.7 Å². The second-order valence-electron chi connectivity index (χ2n) is 5.22. The maximum Gasteiger partial charge on any atom is 0.340 e. The van der Waals surface area contributed by atoms with Crippen LogP contribution in [0.5, 0.6) is 0 Å². The lowest BCUT2D eigenvalue weighted by Gasteiger charge is -2.12. The first kappa shape index (κ1) is 16.4. The van der Waals surface area contributed by atoms with Crippen molar-refractivity contribution in [3.63, 3.8) is 0 Å². The molecule has 0 amide bonds. The fourth-order valence-electron chi connectivity index (χ4n) is 1.91. The lowest BCUT2D eigenvalue weighted by atomic mass is 10.2. The molecule has 22 heavy (non-hydrogen) atoms. The van der Waals surface area contributed by atoms with Crippen LogP contribution < -0.4 is 0 Å². The summed E-state index contributed by atoms with van der Waals surface area (Å²) in [5.74, 6) is -0.0562. The summed E-state index contributed by atoms with van der Waals surface area (Å²) < 4.78 is 12.9. The van der Waals surface area contributed by atoms with Crippen LogP contribution in [0.1, 0.15) is 47.2 Å². The number of aromatic carboxylic acids is 1. The van der Waals surface area contributed by atoms with Crippen molar-refractivity contribution in [1.29, 1.82) is 0 Å². The van der Waals surface area contributed by atoms with Gasteiger partial charge in [-0.1, -0.05) is 26.0 Å². The molecule has 0 unspecified atom stereocenters. The van der Waals surface area contributed by atoms with E-state index in [1.807, 2.05) is 13.8 Å². The number of aromatic nitrogens is 2.